The van der Waals surface area contributed by atoms with Crippen molar-refractivity contribution >= 4 is 35.5 Å². The Labute approximate surface area is 283 Å². The van der Waals surface area contributed by atoms with E-state index in [1.54, 1.807) is 4.90 Å². The molecule has 4 aromatic rings. The van der Waals surface area contributed by atoms with Crippen LogP contribution in [0.1, 0.15) is 56.8 Å². The van der Waals surface area contributed by atoms with Crippen molar-refractivity contribution in [3.63, 3.8) is 0 Å². The number of aromatic nitrogens is 4. The summed E-state index contributed by atoms with van der Waals surface area (Å²) in [5, 5.41) is 6.12. The molecule has 7 rings (SSSR count). The molecule has 2 aromatic carbocycles. The lowest BCUT2D eigenvalue weighted by Gasteiger charge is -2.29. The van der Waals surface area contributed by atoms with Crippen molar-refractivity contribution in [1.29, 1.82) is 0 Å². The average molecular weight is 672 g/mol. The molecule has 3 atom stereocenters. The van der Waals surface area contributed by atoms with Gasteiger partial charge in [-0.1, -0.05) is 62.4 Å². The van der Waals surface area contributed by atoms with Crippen LogP contribution in [0, 0.1) is 5.92 Å². The molecule has 1 spiro atoms. The molecule has 12 heteroatoms. The number of ether oxygens (including phenoxy) is 1. The lowest BCUT2D eigenvalue weighted by atomic mass is 10.0. The minimum atomic E-state index is -0.847. The van der Waals surface area contributed by atoms with Crippen molar-refractivity contribution in [2.24, 2.45) is 5.92 Å². The van der Waals surface area contributed by atoms with E-state index in [-0.39, 0.29) is 23.9 Å². The van der Waals surface area contributed by atoms with Gasteiger partial charge < -0.3 is 30.2 Å². The van der Waals surface area contributed by atoms with Crippen molar-refractivity contribution in [2.75, 3.05) is 31.6 Å². The summed E-state index contributed by atoms with van der Waals surface area (Å²) in [6.45, 7) is 5.40. The summed E-state index contributed by atoms with van der Waals surface area (Å²) in [5.41, 5.74) is 6.33. The van der Waals surface area contributed by atoms with Gasteiger partial charge in [0, 0.05) is 31.6 Å². The number of aromatic amines is 2. The molecule has 2 amide bonds. The van der Waals surface area contributed by atoms with Crippen molar-refractivity contribution in [3.05, 3.63) is 72.6 Å². The van der Waals surface area contributed by atoms with Crippen LogP contribution in [0.3, 0.4) is 0 Å². The van der Waals surface area contributed by atoms with Gasteiger partial charge in [0.25, 0.3) is 5.91 Å². The number of amides is 2. The van der Waals surface area contributed by atoms with Crippen LogP contribution in [0.4, 0.5) is 4.79 Å². The zero-order chi connectivity index (χ0) is 32.5. The lowest BCUT2D eigenvalue weighted by molar-refractivity contribution is -0.143. The Morgan fingerprint density at radius 3 is 2.09 bits per heavy atom. The Morgan fingerprint density at radius 1 is 0.915 bits per heavy atom. The zero-order valence-electron chi connectivity index (χ0n) is 26.9. The smallest absolute Gasteiger partial charge is 0.407 e. The van der Waals surface area contributed by atoms with Crippen LogP contribution in [0.25, 0.3) is 33.6 Å². The van der Waals surface area contributed by atoms with Gasteiger partial charge in [0.1, 0.15) is 11.6 Å². The molecule has 4 N–H and O–H groups in total. The van der Waals surface area contributed by atoms with E-state index in [1.807, 2.05) is 26.2 Å². The fraction of sp³-hybridized carbons (Fsp3) is 0.429. The Bertz CT molecular complexity index is 1710. The van der Waals surface area contributed by atoms with E-state index in [4.69, 9.17) is 9.72 Å². The number of benzene rings is 2. The molecule has 10 nitrogen and oxygen atoms in total. The zero-order valence-corrected chi connectivity index (χ0v) is 28.5. The monoisotopic (exact) mass is 671 g/mol. The van der Waals surface area contributed by atoms with Crippen LogP contribution >= 0.6 is 23.5 Å². The van der Waals surface area contributed by atoms with Gasteiger partial charge >= 0.3 is 6.09 Å². The number of imidazole rings is 2. The Balaban J connectivity index is 1.00. The topological polar surface area (TPSA) is 128 Å². The predicted octanol–water partition coefficient (Wildman–Crippen LogP) is 6.39. The number of thioether (sulfide) groups is 2. The number of hydrogen-bond donors (Lipinski definition) is 4. The highest BCUT2D eigenvalue weighted by molar-refractivity contribution is 8.21. The van der Waals surface area contributed by atoms with Gasteiger partial charge in [-0.3, -0.25) is 4.79 Å². The third-order valence-electron chi connectivity index (χ3n) is 9.33. The van der Waals surface area contributed by atoms with Gasteiger partial charge in [0.15, 0.2) is 6.10 Å². The van der Waals surface area contributed by atoms with Gasteiger partial charge in [0.05, 0.1) is 39.9 Å². The van der Waals surface area contributed by atoms with Crippen LogP contribution in [-0.4, -0.2) is 78.7 Å². The van der Waals surface area contributed by atoms with Crippen molar-refractivity contribution in [3.8, 4) is 33.6 Å². The first-order valence-corrected chi connectivity index (χ1v) is 18.3. The summed E-state index contributed by atoms with van der Waals surface area (Å²) in [6.07, 6.45) is 5.09. The number of carbonyl (C=O) groups is 2. The van der Waals surface area contributed by atoms with Crippen LogP contribution in [0.15, 0.2) is 60.9 Å². The molecule has 3 fully saturated rings. The first kappa shape index (κ1) is 31.8. The van der Waals surface area contributed by atoms with Crippen LogP contribution in [0.5, 0.6) is 0 Å². The fourth-order valence-electron chi connectivity index (χ4n) is 6.77. The van der Waals surface area contributed by atoms with E-state index < -0.39 is 12.2 Å². The fourth-order valence-corrected chi connectivity index (χ4v) is 9.95. The van der Waals surface area contributed by atoms with Crippen molar-refractivity contribution in [2.45, 2.75) is 55.4 Å². The normalized spacial score (nSPS) is 21.1. The maximum absolute atomic E-state index is 13.4. The first-order chi connectivity index (χ1) is 22.8. The molecule has 0 unspecified atom stereocenters. The second-order valence-corrected chi connectivity index (χ2v) is 16.0. The van der Waals surface area contributed by atoms with E-state index >= 15 is 0 Å². The lowest BCUT2D eigenvalue weighted by Crippen LogP contribution is -2.45. The number of rotatable bonds is 8. The molecule has 0 aliphatic carbocycles. The first-order valence-electron chi connectivity index (χ1n) is 16.3. The van der Waals surface area contributed by atoms with Crippen LogP contribution < -0.4 is 10.6 Å². The molecule has 3 aliphatic rings. The van der Waals surface area contributed by atoms with Crippen LogP contribution in [-0.2, 0) is 9.53 Å². The second-order valence-electron chi connectivity index (χ2n) is 12.8. The molecule has 0 radical (unpaired) electrons. The SMILES string of the molecule is CNC(=O)O[C@H](C(=O)N1CCC[C@H]1c1ncc(-c2ccc(-c3ccc(-c4cnc([C@@H]5CC6(CN5)SCCS6)[nH]4)cc3)cc2)[nH]1)C(C)C. The average Bonchev–Trinajstić information content (AvgIpc) is 3.94. The Morgan fingerprint density at radius 2 is 1.49 bits per heavy atom. The predicted molar refractivity (Wildman–Crippen MR) is 188 cm³/mol. The van der Waals surface area contributed by atoms with Crippen LogP contribution in [0.2, 0.25) is 0 Å². The van der Waals surface area contributed by atoms with Crippen molar-refractivity contribution < 1.29 is 14.3 Å². The third kappa shape index (κ3) is 6.55. The van der Waals surface area contributed by atoms with Gasteiger partial charge in [-0.25, -0.2) is 14.8 Å². The quantitative estimate of drug-likeness (QED) is 0.170. The van der Waals surface area contributed by atoms with Gasteiger partial charge in [0.2, 0.25) is 0 Å². The summed E-state index contributed by atoms with van der Waals surface area (Å²) in [4.78, 5) is 43.6. The molecule has 0 bridgehead atoms. The summed E-state index contributed by atoms with van der Waals surface area (Å²) < 4.78 is 5.74. The van der Waals surface area contributed by atoms with Gasteiger partial charge in [-0.15, -0.1) is 23.5 Å². The maximum atomic E-state index is 13.4. The van der Waals surface area contributed by atoms with E-state index in [9.17, 15) is 9.59 Å². The number of carbonyl (C=O) groups excluding carboxylic acids is 2. The molecular formula is C35H41N7O3S2. The highest BCUT2D eigenvalue weighted by atomic mass is 32.2. The minimum Gasteiger partial charge on any atom is -0.436 e. The number of alkyl carbamates (subject to hydrolysis) is 1. The third-order valence-corrected chi connectivity index (χ3v) is 12.8. The highest BCUT2D eigenvalue weighted by Gasteiger charge is 2.44. The summed E-state index contributed by atoms with van der Waals surface area (Å²) in [7, 11) is 1.49. The molecule has 47 heavy (non-hydrogen) atoms. The van der Waals surface area contributed by atoms with Gasteiger partial charge in [-0.05, 0) is 47.4 Å². The Kier molecular flexibility index (Phi) is 9.08. The van der Waals surface area contributed by atoms with Gasteiger partial charge in [-0.2, -0.15) is 0 Å². The number of nitrogens with zero attached hydrogens (tertiary/aromatic N) is 3. The van der Waals surface area contributed by atoms with Crippen molar-refractivity contribution in [1.82, 2.24) is 35.5 Å². The summed E-state index contributed by atoms with van der Waals surface area (Å²) >= 11 is 4.18. The van der Waals surface area contributed by atoms with E-state index in [1.165, 1.54) is 18.6 Å². The Hall–Kier alpha value is -3.74. The number of nitrogens with one attached hydrogen (secondary N) is 4. The number of H-pyrrole nitrogens is 2. The largest absolute Gasteiger partial charge is 0.436 e. The number of likely N-dealkylation sites (tertiary alicyclic amines) is 1. The molecule has 3 saturated heterocycles. The van der Waals surface area contributed by atoms with E-state index in [2.05, 4.69) is 97.6 Å². The molecule has 3 aliphatic heterocycles. The summed E-state index contributed by atoms with van der Waals surface area (Å²) in [5.74, 6) is 3.91. The van der Waals surface area contributed by atoms with E-state index in [0.29, 0.717) is 10.6 Å². The standard InChI is InChI=1S/C35H41N7O3S2/c1-21(2)30(45-34(44)36-3)33(43)42-14-4-5-29(42)32-38-19-28(41-32)25-12-8-23(9-13-25)22-6-10-24(11-7-22)27-18-37-31(40-27)26-17-35(20-39-26)46-15-16-47-35/h6-13,18-19,21,26,29-30,39H,4-5,14-17,20H2,1-3H3,(H,36,44)(H,37,40)(H,38,41)/t26-,29-,30-/m0/s1. The maximum Gasteiger partial charge on any atom is 0.407 e. The molecule has 246 valence electrons. The highest BCUT2D eigenvalue weighted by Crippen LogP contribution is 2.51. The second kappa shape index (κ2) is 13.4. The number of hydrogen-bond acceptors (Lipinski definition) is 8. The molecular weight excluding hydrogens is 631 g/mol. The van der Waals surface area contributed by atoms with E-state index in [0.717, 1.165) is 71.1 Å². The minimum absolute atomic E-state index is 0.150. The molecule has 0 saturated carbocycles. The summed E-state index contributed by atoms with van der Waals surface area (Å²) in [6, 6.07) is 17.1. The molecule has 2 aromatic heterocycles. The molecule has 5 heterocycles.